The minimum atomic E-state index is -0.145. The minimum absolute atomic E-state index is 0.145. The average Bonchev–Trinajstić information content (AvgIpc) is 2.22. The molecule has 0 bridgehead atoms. The summed E-state index contributed by atoms with van der Waals surface area (Å²) >= 11 is 4.73. The number of pyridine rings is 1. The smallest absolute Gasteiger partial charge is 0.251 e. The van der Waals surface area contributed by atoms with Crippen molar-refractivity contribution in [1.82, 2.24) is 15.0 Å². The Bertz CT molecular complexity index is 612. The van der Waals surface area contributed by atoms with E-state index >= 15 is 0 Å². The van der Waals surface area contributed by atoms with Gasteiger partial charge in [0.25, 0.3) is 5.56 Å². The molecule has 2 aromatic rings. The van der Waals surface area contributed by atoms with Gasteiger partial charge in [-0.1, -0.05) is 0 Å². The monoisotopic (exact) mass is 311 g/mol. The normalized spacial score (nSPS) is 10.5. The van der Waals surface area contributed by atoms with Crippen LogP contribution in [0.15, 0.2) is 37.8 Å². The van der Waals surface area contributed by atoms with Gasteiger partial charge in [-0.15, -0.1) is 0 Å². The third-order valence-corrected chi connectivity index (χ3v) is 3.72. The summed E-state index contributed by atoms with van der Waals surface area (Å²) in [5, 5.41) is 1.36. The Kier molecular flexibility index (Phi) is 3.63. The van der Waals surface area contributed by atoms with E-state index in [-0.39, 0.29) is 5.56 Å². The summed E-state index contributed by atoms with van der Waals surface area (Å²) in [4.78, 5) is 22.4. The van der Waals surface area contributed by atoms with Crippen molar-refractivity contribution in [3.63, 3.8) is 0 Å². The molecule has 17 heavy (non-hydrogen) atoms. The first kappa shape index (κ1) is 12.3. The highest BCUT2D eigenvalue weighted by atomic mass is 79.9. The second-order valence-electron chi connectivity index (χ2n) is 3.57. The zero-order chi connectivity index (χ0) is 12.4. The van der Waals surface area contributed by atoms with Crippen LogP contribution >= 0.6 is 27.7 Å². The first-order valence-electron chi connectivity index (χ1n) is 4.92. The zero-order valence-corrected chi connectivity index (χ0v) is 11.7. The van der Waals surface area contributed by atoms with Crippen LogP contribution in [-0.4, -0.2) is 15.0 Å². The number of halogens is 1. The van der Waals surface area contributed by atoms with Gasteiger partial charge in [0.05, 0.1) is 0 Å². The van der Waals surface area contributed by atoms with E-state index in [0.29, 0.717) is 10.9 Å². The number of rotatable bonds is 2. The molecule has 0 unspecified atom stereocenters. The van der Waals surface area contributed by atoms with Crippen molar-refractivity contribution in [3.05, 3.63) is 44.4 Å². The van der Waals surface area contributed by atoms with Gasteiger partial charge in [-0.25, -0.2) is 9.97 Å². The van der Waals surface area contributed by atoms with Crippen LogP contribution < -0.4 is 5.56 Å². The molecule has 0 radical (unpaired) electrons. The second-order valence-corrected chi connectivity index (χ2v) is 5.43. The molecule has 0 spiro atoms. The lowest BCUT2D eigenvalue weighted by molar-refractivity contribution is 0.901. The summed E-state index contributed by atoms with van der Waals surface area (Å²) in [5.41, 5.74) is 1.65. The van der Waals surface area contributed by atoms with Crippen LogP contribution in [0.1, 0.15) is 11.3 Å². The van der Waals surface area contributed by atoms with Crippen LogP contribution in [0, 0.1) is 13.8 Å². The number of aromatic nitrogens is 3. The molecule has 0 aromatic carbocycles. The molecule has 4 nitrogen and oxygen atoms in total. The molecule has 0 saturated heterocycles. The lowest BCUT2D eigenvalue weighted by Crippen LogP contribution is -2.07. The van der Waals surface area contributed by atoms with Gasteiger partial charge in [0.2, 0.25) is 0 Å². The van der Waals surface area contributed by atoms with Crippen LogP contribution in [-0.2, 0) is 0 Å². The molecule has 0 aliphatic heterocycles. The molecule has 2 aromatic heterocycles. The quantitative estimate of drug-likeness (QED) is 0.866. The number of nitrogens with zero attached hydrogens (tertiary/aromatic N) is 2. The third kappa shape index (κ3) is 3.17. The fourth-order valence-corrected chi connectivity index (χ4v) is 2.37. The predicted molar refractivity (Wildman–Crippen MR) is 70.4 cm³/mol. The van der Waals surface area contributed by atoms with E-state index in [1.165, 1.54) is 17.8 Å². The lowest BCUT2D eigenvalue weighted by atomic mass is 10.3. The first-order chi connectivity index (χ1) is 8.04. The Morgan fingerprint density at radius 2 is 2.12 bits per heavy atom. The Hall–Kier alpha value is -1.14. The first-order valence-corrected chi connectivity index (χ1v) is 6.53. The Morgan fingerprint density at radius 1 is 1.35 bits per heavy atom. The van der Waals surface area contributed by atoms with E-state index in [9.17, 15) is 4.79 Å². The maximum atomic E-state index is 11.3. The summed E-state index contributed by atoms with van der Waals surface area (Å²) in [6.07, 6.45) is 1.74. The number of hydrogen-bond donors (Lipinski definition) is 1. The maximum absolute atomic E-state index is 11.3. The van der Waals surface area contributed by atoms with Crippen molar-refractivity contribution in [2.45, 2.75) is 24.0 Å². The number of aromatic amines is 1. The van der Waals surface area contributed by atoms with Crippen molar-refractivity contribution in [1.29, 1.82) is 0 Å². The van der Waals surface area contributed by atoms with E-state index < -0.39 is 0 Å². The molecule has 0 atom stereocenters. The summed E-state index contributed by atoms with van der Waals surface area (Å²) in [7, 11) is 0. The van der Waals surface area contributed by atoms with E-state index in [0.717, 1.165) is 15.1 Å². The molecule has 2 heterocycles. The largest absolute Gasteiger partial charge is 0.301 e. The van der Waals surface area contributed by atoms with Gasteiger partial charge in [0, 0.05) is 22.4 Å². The highest BCUT2D eigenvalue weighted by Gasteiger charge is 2.04. The van der Waals surface area contributed by atoms with Crippen molar-refractivity contribution < 1.29 is 0 Å². The Balaban J connectivity index is 2.31. The summed E-state index contributed by atoms with van der Waals surface area (Å²) in [5.74, 6) is 0. The standard InChI is InChI=1S/C11H10BrN3OS/c1-6-3-10(13-5-8(6)12)17-11-14-7(2)4-9(16)15-11/h3-5H,1-2H3,(H,14,15,16). The topological polar surface area (TPSA) is 58.6 Å². The van der Waals surface area contributed by atoms with Crippen LogP contribution in [0.3, 0.4) is 0 Å². The number of H-pyrrole nitrogens is 1. The van der Waals surface area contributed by atoms with E-state index in [4.69, 9.17) is 0 Å². The van der Waals surface area contributed by atoms with Crippen molar-refractivity contribution in [2.75, 3.05) is 0 Å². The molecule has 0 saturated carbocycles. The van der Waals surface area contributed by atoms with Gasteiger partial charge in [-0.3, -0.25) is 4.79 Å². The van der Waals surface area contributed by atoms with Gasteiger partial charge >= 0.3 is 0 Å². The zero-order valence-electron chi connectivity index (χ0n) is 9.32. The molecule has 0 aliphatic rings. The summed E-state index contributed by atoms with van der Waals surface area (Å²) in [6.45, 7) is 3.78. The summed E-state index contributed by atoms with van der Waals surface area (Å²) in [6, 6.07) is 3.40. The van der Waals surface area contributed by atoms with Gasteiger partial charge in [0.1, 0.15) is 5.03 Å². The minimum Gasteiger partial charge on any atom is -0.301 e. The van der Waals surface area contributed by atoms with Gasteiger partial charge < -0.3 is 4.98 Å². The molecule has 88 valence electrons. The Morgan fingerprint density at radius 3 is 2.76 bits per heavy atom. The average molecular weight is 312 g/mol. The molecule has 2 rings (SSSR count). The maximum Gasteiger partial charge on any atom is 0.251 e. The van der Waals surface area contributed by atoms with Crippen molar-refractivity contribution in [2.24, 2.45) is 0 Å². The second kappa shape index (κ2) is 5.01. The molecule has 0 amide bonds. The highest BCUT2D eigenvalue weighted by molar-refractivity contribution is 9.10. The van der Waals surface area contributed by atoms with Crippen LogP contribution in [0.5, 0.6) is 0 Å². The molecular formula is C11H10BrN3OS. The van der Waals surface area contributed by atoms with Gasteiger partial charge in [-0.05, 0) is 53.2 Å². The number of nitrogens with one attached hydrogen (secondary N) is 1. The van der Waals surface area contributed by atoms with Gasteiger partial charge in [0.15, 0.2) is 5.16 Å². The van der Waals surface area contributed by atoms with Crippen LogP contribution in [0.2, 0.25) is 0 Å². The van der Waals surface area contributed by atoms with Crippen LogP contribution in [0.4, 0.5) is 0 Å². The molecule has 1 N–H and O–H groups in total. The fraction of sp³-hybridized carbons (Fsp3) is 0.182. The van der Waals surface area contributed by atoms with Crippen molar-refractivity contribution in [3.8, 4) is 0 Å². The fourth-order valence-electron chi connectivity index (χ4n) is 1.27. The summed E-state index contributed by atoms with van der Waals surface area (Å²) < 4.78 is 0.965. The molecular weight excluding hydrogens is 302 g/mol. The lowest BCUT2D eigenvalue weighted by Gasteiger charge is -2.03. The van der Waals surface area contributed by atoms with E-state index in [1.807, 2.05) is 13.0 Å². The molecule has 0 fully saturated rings. The number of aryl methyl sites for hydroxylation is 2. The van der Waals surface area contributed by atoms with E-state index in [1.54, 1.807) is 13.1 Å². The predicted octanol–water partition coefficient (Wildman–Crippen LogP) is 2.70. The van der Waals surface area contributed by atoms with Gasteiger partial charge in [-0.2, -0.15) is 0 Å². The van der Waals surface area contributed by atoms with Crippen LogP contribution in [0.25, 0.3) is 0 Å². The number of hydrogen-bond acceptors (Lipinski definition) is 4. The Labute approximate surface area is 111 Å². The van der Waals surface area contributed by atoms with E-state index in [2.05, 4.69) is 30.9 Å². The molecule has 0 aliphatic carbocycles. The molecule has 6 heteroatoms. The highest BCUT2D eigenvalue weighted by Crippen LogP contribution is 2.25. The SMILES string of the molecule is Cc1cc(=O)[nH]c(Sc2cc(C)c(Br)cn2)n1. The third-order valence-electron chi connectivity index (χ3n) is 2.07. The van der Waals surface area contributed by atoms with Crippen molar-refractivity contribution >= 4 is 27.7 Å².